The number of benzene rings is 1. The van der Waals surface area contributed by atoms with E-state index in [2.05, 4.69) is 0 Å². The average molecular weight is 363 g/mol. The van der Waals surface area contributed by atoms with Crippen LogP contribution >= 0.6 is 0 Å². The number of sulfonamides is 1. The first-order valence-corrected chi connectivity index (χ1v) is 10.1. The van der Waals surface area contributed by atoms with Crippen LogP contribution in [0.5, 0.6) is 0 Å². The fourth-order valence-corrected chi connectivity index (χ4v) is 4.55. The molecule has 1 heterocycles. The number of carbonyl (C=O) groups excluding carboxylic acids is 1. The first kappa shape index (κ1) is 19.4. The van der Waals surface area contributed by atoms with E-state index >= 15 is 0 Å². The maximum absolute atomic E-state index is 12.7. The van der Waals surface area contributed by atoms with E-state index in [1.165, 1.54) is 4.31 Å². The summed E-state index contributed by atoms with van der Waals surface area (Å²) in [4.78, 5) is 14.4. The van der Waals surface area contributed by atoms with Gasteiger partial charge in [0.25, 0.3) is 0 Å². The number of aryl methyl sites for hydroxylation is 1. The molecular weight excluding hydrogens is 338 g/mol. The van der Waals surface area contributed by atoms with E-state index in [-0.39, 0.29) is 18.4 Å². The zero-order valence-corrected chi connectivity index (χ0v) is 15.6. The number of nitriles is 1. The van der Waals surface area contributed by atoms with Crippen LogP contribution in [0.3, 0.4) is 0 Å². The molecule has 0 N–H and O–H groups in total. The van der Waals surface area contributed by atoms with E-state index in [0.29, 0.717) is 37.4 Å². The largest absolute Gasteiger partial charge is 0.329 e. The van der Waals surface area contributed by atoms with Crippen molar-refractivity contribution in [3.05, 3.63) is 29.8 Å². The van der Waals surface area contributed by atoms with Crippen LogP contribution in [0.15, 0.2) is 29.2 Å². The van der Waals surface area contributed by atoms with Crippen molar-refractivity contribution < 1.29 is 13.2 Å². The molecule has 1 amide bonds. The summed E-state index contributed by atoms with van der Waals surface area (Å²) >= 11 is 0. The molecule has 0 bridgehead atoms. The van der Waals surface area contributed by atoms with Crippen LogP contribution < -0.4 is 0 Å². The maximum atomic E-state index is 12.7. The van der Waals surface area contributed by atoms with Gasteiger partial charge < -0.3 is 4.90 Å². The molecule has 136 valence electrons. The van der Waals surface area contributed by atoms with Gasteiger partial charge in [-0.25, -0.2) is 8.42 Å². The van der Waals surface area contributed by atoms with Crippen LogP contribution in [0, 0.1) is 24.2 Å². The van der Waals surface area contributed by atoms with Gasteiger partial charge in [-0.1, -0.05) is 24.6 Å². The molecular formula is C18H25N3O3S. The summed E-state index contributed by atoms with van der Waals surface area (Å²) in [7, 11) is -3.51. The number of amides is 1. The molecule has 0 unspecified atom stereocenters. The second kappa shape index (κ2) is 8.45. The van der Waals surface area contributed by atoms with Crippen LogP contribution in [0.4, 0.5) is 0 Å². The van der Waals surface area contributed by atoms with E-state index in [1.807, 2.05) is 19.9 Å². The van der Waals surface area contributed by atoms with Crippen molar-refractivity contribution >= 4 is 15.9 Å². The highest BCUT2D eigenvalue weighted by Gasteiger charge is 2.33. The Kier molecular flexibility index (Phi) is 6.57. The van der Waals surface area contributed by atoms with Crippen LogP contribution in [-0.2, 0) is 14.8 Å². The number of rotatable bonds is 6. The number of piperidine rings is 1. The van der Waals surface area contributed by atoms with Crippen LogP contribution in [-0.4, -0.2) is 49.7 Å². The summed E-state index contributed by atoms with van der Waals surface area (Å²) in [6.45, 7) is 5.20. The molecule has 0 saturated carbocycles. The molecule has 7 heteroatoms. The topological polar surface area (TPSA) is 81.5 Å². The molecule has 6 nitrogen and oxygen atoms in total. The highest BCUT2D eigenvalue weighted by molar-refractivity contribution is 7.89. The second-order valence-electron chi connectivity index (χ2n) is 6.41. The summed E-state index contributed by atoms with van der Waals surface area (Å²) < 4.78 is 26.9. The molecule has 2 rings (SSSR count). The van der Waals surface area contributed by atoms with Crippen molar-refractivity contribution in [1.82, 2.24) is 9.21 Å². The van der Waals surface area contributed by atoms with Gasteiger partial charge in [0, 0.05) is 25.6 Å². The Bertz CT molecular complexity index is 730. The Morgan fingerprint density at radius 2 is 1.88 bits per heavy atom. The van der Waals surface area contributed by atoms with E-state index in [4.69, 9.17) is 5.26 Å². The Morgan fingerprint density at radius 1 is 1.28 bits per heavy atom. The Hall–Kier alpha value is -1.91. The van der Waals surface area contributed by atoms with Crippen molar-refractivity contribution in [2.45, 2.75) is 38.0 Å². The van der Waals surface area contributed by atoms with Crippen LogP contribution in [0.2, 0.25) is 0 Å². The Morgan fingerprint density at radius 3 is 2.40 bits per heavy atom. The highest BCUT2D eigenvalue weighted by atomic mass is 32.2. The third-order valence-corrected chi connectivity index (χ3v) is 6.44. The predicted molar refractivity (Wildman–Crippen MR) is 95.1 cm³/mol. The third-order valence-electron chi connectivity index (χ3n) is 4.53. The molecule has 1 saturated heterocycles. The summed E-state index contributed by atoms with van der Waals surface area (Å²) in [5.74, 6) is -0.236. The SMILES string of the molecule is CCCN(CC#N)C(=O)C1CCN(S(=O)(=O)c2ccc(C)cc2)CC1. The molecule has 1 aliphatic rings. The van der Waals surface area contributed by atoms with Gasteiger partial charge in [0.1, 0.15) is 6.54 Å². The summed E-state index contributed by atoms with van der Waals surface area (Å²) in [6, 6.07) is 8.85. The number of nitrogens with zero attached hydrogens (tertiary/aromatic N) is 3. The van der Waals surface area contributed by atoms with Gasteiger partial charge in [0.2, 0.25) is 15.9 Å². The van der Waals surface area contributed by atoms with Gasteiger partial charge in [-0.3, -0.25) is 4.79 Å². The standard InChI is InChI=1S/C18H25N3O3S/c1-3-11-20(14-10-19)18(22)16-8-12-21(13-9-16)25(23,24)17-6-4-15(2)5-7-17/h4-7,16H,3,8-9,11-14H2,1-2H3. The van der Waals surface area contributed by atoms with E-state index in [9.17, 15) is 13.2 Å². The summed E-state index contributed by atoms with van der Waals surface area (Å²) in [6.07, 6.45) is 1.79. The lowest BCUT2D eigenvalue weighted by Gasteiger charge is -2.33. The predicted octanol–water partition coefficient (Wildman–Crippen LogP) is 2.16. The van der Waals surface area contributed by atoms with E-state index < -0.39 is 10.0 Å². The van der Waals surface area contributed by atoms with Crippen molar-refractivity contribution in [2.75, 3.05) is 26.2 Å². The number of hydrogen-bond acceptors (Lipinski definition) is 4. The zero-order chi connectivity index (χ0) is 18.4. The lowest BCUT2D eigenvalue weighted by molar-refractivity contribution is -0.136. The van der Waals surface area contributed by atoms with E-state index in [1.54, 1.807) is 29.2 Å². The molecule has 1 fully saturated rings. The smallest absolute Gasteiger partial charge is 0.243 e. The molecule has 1 aromatic carbocycles. The normalized spacial score (nSPS) is 16.4. The fourth-order valence-electron chi connectivity index (χ4n) is 3.08. The number of carbonyl (C=O) groups is 1. The third kappa shape index (κ3) is 4.59. The molecule has 0 radical (unpaired) electrons. The van der Waals surface area contributed by atoms with Crippen LogP contribution in [0.1, 0.15) is 31.7 Å². The average Bonchev–Trinajstić information content (AvgIpc) is 2.61. The first-order valence-electron chi connectivity index (χ1n) is 8.62. The molecule has 25 heavy (non-hydrogen) atoms. The Labute approximate surface area is 150 Å². The van der Waals surface area contributed by atoms with Gasteiger partial charge >= 0.3 is 0 Å². The van der Waals surface area contributed by atoms with Crippen molar-refractivity contribution in [1.29, 1.82) is 5.26 Å². The maximum Gasteiger partial charge on any atom is 0.243 e. The molecule has 0 spiro atoms. The molecule has 0 aliphatic carbocycles. The second-order valence-corrected chi connectivity index (χ2v) is 8.35. The van der Waals surface area contributed by atoms with Gasteiger partial charge in [-0.2, -0.15) is 9.57 Å². The summed E-state index contributed by atoms with van der Waals surface area (Å²) in [5.41, 5.74) is 1.01. The van der Waals surface area contributed by atoms with Crippen molar-refractivity contribution in [2.24, 2.45) is 5.92 Å². The lowest BCUT2D eigenvalue weighted by Crippen LogP contribution is -2.44. The lowest BCUT2D eigenvalue weighted by atomic mass is 9.96. The minimum atomic E-state index is -3.51. The minimum Gasteiger partial charge on any atom is -0.329 e. The Balaban J connectivity index is 2.02. The molecule has 0 aromatic heterocycles. The molecule has 1 aromatic rings. The minimum absolute atomic E-state index is 0.0317. The van der Waals surface area contributed by atoms with Crippen molar-refractivity contribution in [3.63, 3.8) is 0 Å². The monoisotopic (exact) mass is 363 g/mol. The quantitative estimate of drug-likeness (QED) is 0.725. The zero-order valence-electron chi connectivity index (χ0n) is 14.8. The van der Waals surface area contributed by atoms with Crippen LogP contribution in [0.25, 0.3) is 0 Å². The van der Waals surface area contributed by atoms with Gasteiger partial charge in [0.05, 0.1) is 11.0 Å². The van der Waals surface area contributed by atoms with Crippen molar-refractivity contribution in [3.8, 4) is 6.07 Å². The van der Waals surface area contributed by atoms with E-state index in [0.717, 1.165) is 12.0 Å². The molecule has 0 atom stereocenters. The number of hydrogen-bond donors (Lipinski definition) is 0. The molecule has 1 aliphatic heterocycles. The summed E-state index contributed by atoms with van der Waals surface area (Å²) in [5, 5.41) is 8.87. The highest BCUT2D eigenvalue weighted by Crippen LogP contribution is 2.25. The fraction of sp³-hybridized carbons (Fsp3) is 0.556. The first-order chi connectivity index (χ1) is 11.9. The van der Waals surface area contributed by atoms with Gasteiger partial charge in [-0.05, 0) is 38.3 Å². The van der Waals surface area contributed by atoms with Gasteiger partial charge in [0.15, 0.2) is 0 Å². The van der Waals surface area contributed by atoms with Gasteiger partial charge in [-0.15, -0.1) is 0 Å².